The normalized spacial score (nSPS) is 24.2. The van der Waals surface area contributed by atoms with Crippen molar-refractivity contribution in [3.8, 4) is 0 Å². The maximum Gasteiger partial charge on any atom is 0.227 e. The minimum atomic E-state index is 0.583. The molecule has 1 aromatic carbocycles. The van der Waals surface area contributed by atoms with Crippen LogP contribution in [0.1, 0.15) is 17.5 Å². The number of nitrogens with zero attached hydrogens (tertiary/aromatic N) is 4. The number of fused-ring (bicyclic) bond motifs is 3. The predicted molar refractivity (Wildman–Crippen MR) is 95.2 cm³/mol. The van der Waals surface area contributed by atoms with Gasteiger partial charge in [-0.15, -0.1) is 0 Å². The summed E-state index contributed by atoms with van der Waals surface area (Å²) in [6, 6.07) is 8.83. The Morgan fingerprint density at radius 2 is 2.21 bits per heavy atom. The highest BCUT2D eigenvalue weighted by molar-refractivity contribution is 5.86. The average Bonchev–Trinajstić information content (AvgIpc) is 3.20. The summed E-state index contributed by atoms with van der Waals surface area (Å²) in [5, 5.41) is 6.97. The monoisotopic (exact) mass is 320 g/mol. The maximum atomic E-state index is 4.72. The molecule has 2 aromatic rings. The van der Waals surface area contributed by atoms with E-state index in [0.717, 1.165) is 49.6 Å². The van der Waals surface area contributed by atoms with Crippen molar-refractivity contribution in [1.82, 2.24) is 15.3 Å². The van der Waals surface area contributed by atoms with E-state index in [1.165, 1.54) is 17.5 Å². The van der Waals surface area contributed by atoms with E-state index in [2.05, 4.69) is 43.7 Å². The van der Waals surface area contributed by atoms with E-state index in [1.807, 2.05) is 18.5 Å². The quantitative estimate of drug-likeness (QED) is 0.905. The van der Waals surface area contributed by atoms with Gasteiger partial charge in [-0.25, -0.2) is 4.98 Å². The fourth-order valence-electron chi connectivity index (χ4n) is 3.89. The molecule has 0 aliphatic carbocycles. The summed E-state index contributed by atoms with van der Waals surface area (Å²) in [6.45, 7) is 3.95. The summed E-state index contributed by atoms with van der Waals surface area (Å²) in [7, 11) is 0. The van der Waals surface area contributed by atoms with Gasteiger partial charge in [-0.05, 0) is 41.7 Å². The average molecular weight is 320 g/mol. The number of anilines is 3. The van der Waals surface area contributed by atoms with Crippen molar-refractivity contribution in [2.75, 3.05) is 29.9 Å². The third-order valence-electron chi connectivity index (χ3n) is 5.07. The smallest absolute Gasteiger partial charge is 0.227 e. The van der Waals surface area contributed by atoms with Crippen molar-refractivity contribution < 1.29 is 0 Å². The summed E-state index contributed by atoms with van der Waals surface area (Å²) >= 11 is 0. The van der Waals surface area contributed by atoms with Crippen LogP contribution in [0.2, 0.25) is 0 Å². The minimum absolute atomic E-state index is 0.583. The molecule has 1 aromatic heterocycles. The fourth-order valence-corrected chi connectivity index (χ4v) is 3.89. The first-order valence-electron chi connectivity index (χ1n) is 8.55. The van der Waals surface area contributed by atoms with E-state index < -0.39 is 0 Å². The Kier molecular flexibility index (Phi) is 3.23. The van der Waals surface area contributed by atoms with Crippen LogP contribution in [0.4, 0.5) is 17.5 Å². The highest BCUT2D eigenvalue weighted by Crippen LogP contribution is 2.26. The van der Waals surface area contributed by atoms with Gasteiger partial charge in [-0.3, -0.25) is 4.99 Å². The molecule has 2 atom stereocenters. The standard InChI is InChI=1S/C18H20N6/c1-2-15(6-14-9-19-8-13(1)14)22-17-3-4-20-18(23-17)24-10-12-5-16(11-24)21-7-12/h1-4,6,9,12,16,21H,5,7-8,10-11H2,(H,20,22,23). The van der Waals surface area contributed by atoms with Gasteiger partial charge < -0.3 is 15.5 Å². The van der Waals surface area contributed by atoms with Crippen LogP contribution in [0.3, 0.4) is 0 Å². The van der Waals surface area contributed by atoms with Gasteiger partial charge in [-0.2, -0.15) is 4.98 Å². The van der Waals surface area contributed by atoms with E-state index in [-0.39, 0.29) is 0 Å². The lowest BCUT2D eigenvalue weighted by Gasteiger charge is -2.31. The number of hydrogen-bond acceptors (Lipinski definition) is 6. The maximum absolute atomic E-state index is 4.72. The van der Waals surface area contributed by atoms with Crippen LogP contribution in [0.15, 0.2) is 35.5 Å². The molecule has 2 unspecified atom stereocenters. The molecule has 0 saturated carbocycles. The van der Waals surface area contributed by atoms with Gasteiger partial charge in [-0.1, -0.05) is 6.07 Å². The van der Waals surface area contributed by atoms with Gasteiger partial charge in [0.1, 0.15) is 5.82 Å². The van der Waals surface area contributed by atoms with Crippen molar-refractivity contribution >= 4 is 23.7 Å². The first-order chi connectivity index (χ1) is 11.8. The third kappa shape index (κ3) is 2.53. The van der Waals surface area contributed by atoms with Crippen LogP contribution in [0.25, 0.3) is 0 Å². The largest absolute Gasteiger partial charge is 0.340 e. The number of hydrogen-bond donors (Lipinski definition) is 2. The number of rotatable bonds is 3. The Labute approximate surface area is 141 Å². The summed E-state index contributed by atoms with van der Waals surface area (Å²) < 4.78 is 0. The molecule has 0 radical (unpaired) electrons. The van der Waals surface area contributed by atoms with E-state index in [4.69, 9.17) is 4.98 Å². The van der Waals surface area contributed by atoms with Crippen LogP contribution >= 0.6 is 0 Å². The second kappa shape index (κ2) is 5.56. The van der Waals surface area contributed by atoms with Crippen LogP contribution in [0.5, 0.6) is 0 Å². The zero-order valence-electron chi connectivity index (χ0n) is 13.4. The van der Waals surface area contributed by atoms with Crippen LogP contribution in [-0.4, -0.2) is 41.9 Å². The molecule has 2 bridgehead atoms. The van der Waals surface area contributed by atoms with Crippen molar-refractivity contribution in [2.24, 2.45) is 10.9 Å². The molecular weight excluding hydrogens is 300 g/mol. The molecule has 5 rings (SSSR count). The summed E-state index contributed by atoms with van der Waals surface area (Å²) in [6.07, 6.45) is 5.05. The molecule has 3 aliphatic rings. The number of nitrogens with one attached hydrogen (secondary N) is 2. The first kappa shape index (κ1) is 13.9. The minimum Gasteiger partial charge on any atom is -0.340 e. The molecular formula is C18H20N6. The van der Waals surface area contributed by atoms with Gasteiger partial charge in [0, 0.05) is 43.8 Å². The SMILES string of the molecule is C1=NCc2ccc(Nc3ccnc(N4CC5CNC(C5)C4)n3)cc21. The molecule has 6 heteroatoms. The van der Waals surface area contributed by atoms with Crippen LogP contribution in [0, 0.1) is 5.92 Å². The molecule has 2 fully saturated rings. The van der Waals surface area contributed by atoms with Crippen LogP contribution < -0.4 is 15.5 Å². The van der Waals surface area contributed by atoms with E-state index in [0.29, 0.717) is 6.04 Å². The summed E-state index contributed by atoms with van der Waals surface area (Å²) in [5.74, 6) is 2.38. The molecule has 0 spiro atoms. The third-order valence-corrected chi connectivity index (χ3v) is 5.07. The van der Waals surface area contributed by atoms with Gasteiger partial charge >= 0.3 is 0 Å². The van der Waals surface area contributed by atoms with Crippen molar-refractivity contribution in [1.29, 1.82) is 0 Å². The lowest BCUT2D eigenvalue weighted by Crippen LogP contribution is -2.42. The Bertz CT molecular complexity index is 790. The zero-order chi connectivity index (χ0) is 15.9. The second-order valence-electron chi connectivity index (χ2n) is 6.86. The lowest BCUT2D eigenvalue weighted by atomic mass is 10.0. The first-order valence-corrected chi connectivity index (χ1v) is 8.55. The van der Waals surface area contributed by atoms with Gasteiger partial charge in [0.25, 0.3) is 0 Å². The number of aliphatic imine (C=N–C) groups is 1. The summed E-state index contributed by atoms with van der Waals surface area (Å²) in [4.78, 5) is 15.8. The molecule has 4 heterocycles. The van der Waals surface area contributed by atoms with Gasteiger partial charge in [0.05, 0.1) is 6.54 Å². The fraction of sp³-hybridized carbons (Fsp3) is 0.389. The molecule has 6 nitrogen and oxygen atoms in total. The lowest BCUT2D eigenvalue weighted by molar-refractivity contribution is 0.469. The van der Waals surface area contributed by atoms with Gasteiger partial charge in [0.15, 0.2) is 0 Å². The van der Waals surface area contributed by atoms with E-state index in [9.17, 15) is 0 Å². The molecule has 3 aliphatic heterocycles. The Balaban J connectivity index is 1.36. The van der Waals surface area contributed by atoms with Crippen molar-refractivity contribution in [3.05, 3.63) is 41.6 Å². The van der Waals surface area contributed by atoms with Crippen LogP contribution in [-0.2, 0) is 6.54 Å². The molecule has 2 saturated heterocycles. The second-order valence-corrected chi connectivity index (χ2v) is 6.86. The topological polar surface area (TPSA) is 65.4 Å². The summed E-state index contributed by atoms with van der Waals surface area (Å²) in [5.41, 5.74) is 3.50. The number of aromatic nitrogens is 2. The van der Waals surface area contributed by atoms with Crippen molar-refractivity contribution in [3.63, 3.8) is 0 Å². The Morgan fingerprint density at radius 3 is 3.17 bits per heavy atom. The zero-order valence-corrected chi connectivity index (χ0v) is 13.4. The molecule has 0 amide bonds. The highest BCUT2D eigenvalue weighted by atomic mass is 15.3. The van der Waals surface area contributed by atoms with Crippen molar-refractivity contribution in [2.45, 2.75) is 19.0 Å². The highest BCUT2D eigenvalue weighted by Gasteiger charge is 2.33. The van der Waals surface area contributed by atoms with E-state index >= 15 is 0 Å². The Hall–Kier alpha value is -2.47. The Morgan fingerprint density at radius 1 is 1.21 bits per heavy atom. The molecule has 2 N–H and O–H groups in total. The number of piperidine rings is 1. The molecule has 122 valence electrons. The number of benzene rings is 1. The predicted octanol–water partition coefficient (Wildman–Crippen LogP) is 1.95. The molecule has 24 heavy (non-hydrogen) atoms. The van der Waals surface area contributed by atoms with Gasteiger partial charge in [0.2, 0.25) is 5.95 Å². The van der Waals surface area contributed by atoms with E-state index in [1.54, 1.807) is 0 Å².